The molecule has 0 amide bonds. The third kappa shape index (κ3) is 4.01. The molecule has 0 fully saturated rings. The summed E-state index contributed by atoms with van der Waals surface area (Å²) in [5.41, 5.74) is 2.14. The largest absolute Gasteiger partial charge is 0.225 e. The first-order chi connectivity index (χ1) is 6.68. The quantitative estimate of drug-likeness (QED) is 0.649. The van der Waals surface area contributed by atoms with Gasteiger partial charge in [0.05, 0.1) is 18.2 Å². The number of hydrogen-bond donors (Lipinski definition) is 0. The van der Waals surface area contributed by atoms with Gasteiger partial charge in [-0.2, -0.15) is 4.99 Å². The molecule has 2 heteroatoms. The molecule has 0 heterocycles. The lowest BCUT2D eigenvalue weighted by atomic mass is 10.2. The van der Waals surface area contributed by atoms with E-state index in [0.717, 1.165) is 12.2 Å². The van der Waals surface area contributed by atoms with Crippen molar-refractivity contribution in [2.24, 2.45) is 15.9 Å². The number of hydrogen-bond acceptors (Lipinski definition) is 2. The van der Waals surface area contributed by atoms with Crippen molar-refractivity contribution in [2.45, 2.75) is 20.8 Å². The topological polar surface area (TPSA) is 24.7 Å². The van der Waals surface area contributed by atoms with Crippen LogP contribution in [-0.2, 0) is 0 Å². The van der Waals surface area contributed by atoms with Crippen LogP contribution in [0.1, 0.15) is 19.4 Å². The van der Waals surface area contributed by atoms with Gasteiger partial charge in [-0.15, -0.1) is 0 Å². The summed E-state index contributed by atoms with van der Waals surface area (Å²) in [7, 11) is 0. The van der Waals surface area contributed by atoms with Gasteiger partial charge in [-0.25, -0.2) is 4.99 Å². The van der Waals surface area contributed by atoms with E-state index in [-0.39, 0.29) is 0 Å². The van der Waals surface area contributed by atoms with Crippen molar-refractivity contribution in [1.29, 1.82) is 0 Å². The molecule has 0 N–H and O–H groups in total. The van der Waals surface area contributed by atoms with E-state index in [2.05, 4.69) is 36.8 Å². The van der Waals surface area contributed by atoms with E-state index in [0.29, 0.717) is 5.92 Å². The Kier molecular flexibility index (Phi) is 4.09. The first-order valence-corrected chi connectivity index (χ1v) is 4.87. The summed E-state index contributed by atoms with van der Waals surface area (Å²) in [5.74, 6) is 0.565. The summed E-state index contributed by atoms with van der Waals surface area (Å²) < 4.78 is 0. The van der Waals surface area contributed by atoms with Gasteiger partial charge >= 0.3 is 0 Å². The first kappa shape index (κ1) is 10.7. The molecule has 14 heavy (non-hydrogen) atoms. The number of aliphatic imine (C=N–C) groups is 2. The lowest BCUT2D eigenvalue weighted by molar-refractivity contribution is 0.667. The molecule has 0 aromatic heterocycles. The maximum Gasteiger partial charge on any atom is 0.0949 e. The minimum absolute atomic E-state index is 0.565. The van der Waals surface area contributed by atoms with E-state index in [4.69, 9.17) is 0 Å². The van der Waals surface area contributed by atoms with Crippen LogP contribution in [0.4, 0.5) is 5.69 Å². The number of benzene rings is 1. The van der Waals surface area contributed by atoms with Gasteiger partial charge in [0.15, 0.2) is 0 Å². The highest BCUT2D eigenvalue weighted by atomic mass is 14.8. The average molecular weight is 188 g/mol. The maximum absolute atomic E-state index is 4.10. The molecule has 1 rings (SSSR count). The smallest absolute Gasteiger partial charge is 0.0949 e. The van der Waals surface area contributed by atoms with E-state index in [9.17, 15) is 0 Å². The molecule has 0 aliphatic heterocycles. The van der Waals surface area contributed by atoms with Gasteiger partial charge in [-0.1, -0.05) is 31.5 Å². The van der Waals surface area contributed by atoms with Gasteiger partial charge in [0.1, 0.15) is 0 Å². The zero-order chi connectivity index (χ0) is 10.4. The Morgan fingerprint density at radius 2 is 1.86 bits per heavy atom. The monoisotopic (exact) mass is 188 g/mol. The van der Waals surface area contributed by atoms with E-state index in [1.807, 2.05) is 24.3 Å². The Balaban J connectivity index is 2.60. The standard InChI is InChI=1S/C12H16N2/c1-10(2)8-13-9-14-12-6-4-11(3)5-7-12/h4-7,10H,8H2,1-3H3. The molecule has 0 saturated carbocycles. The average Bonchev–Trinajstić information content (AvgIpc) is 2.15. The molecular weight excluding hydrogens is 172 g/mol. The second-order valence-corrected chi connectivity index (χ2v) is 3.78. The Bertz CT molecular complexity index is 330. The third-order valence-electron chi connectivity index (χ3n) is 1.74. The third-order valence-corrected chi connectivity index (χ3v) is 1.74. The van der Waals surface area contributed by atoms with Crippen molar-refractivity contribution in [3.05, 3.63) is 29.8 Å². The van der Waals surface area contributed by atoms with Crippen molar-refractivity contribution in [3.8, 4) is 0 Å². The molecule has 0 aliphatic carbocycles. The molecule has 1 aromatic rings. The van der Waals surface area contributed by atoms with Crippen LogP contribution >= 0.6 is 0 Å². The van der Waals surface area contributed by atoms with Crippen molar-refractivity contribution in [3.63, 3.8) is 0 Å². The molecular formula is C12H16N2. The lowest BCUT2D eigenvalue weighted by Crippen LogP contribution is -1.89. The highest BCUT2D eigenvalue weighted by Crippen LogP contribution is 2.10. The normalized spacial score (nSPS) is 9.71. The summed E-state index contributed by atoms with van der Waals surface area (Å²) in [6.07, 6.45) is 0. The molecule has 0 unspecified atom stereocenters. The van der Waals surface area contributed by atoms with Gasteiger partial charge < -0.3 is 0 Å². The van der Waals surface area contributed by atoms with Crippen LogP contribution in [0.3, 0.4) is 0 Å². The van der Waals surface area contributed by atoms with Crippen molar-refractivity contribution in [1.82, 2.24) is 0 Å². The summed E-state index contributed by atoms with van der Waals surface area (Å²) in [5, 5.41) is 0. The van der Waals surface area contributed by atoms with Crippen molar-refractivity contribution < 1.29 is 0 Å². The van der Waals surface area contributed by atoms with Gasteiger partial charge in [-0.05, 0) is 25.0 Å². The highest BCUT2D eigenvalue weighted by Gasteiger charge is 1.87. The molecule has 0 atom stereocenters. The van der Waals surface area contributed by atoms with Crippen LogP contribution in [0.15, 0.2) is 34.3 Å². The molecule has 1 aromatic carbocycles. The van der Waals surface area contributed by atoms with Crippen molar-refractivity contribution >= 4 is 11.7 Å². The molecule has 0 aliphatic rings. The van der Waals surface area contributed by atoms with E-state index in [1.54, 1.807) is 0 Å². The van der Waals surface area contributed by atoms with Crippen LogP contribution in [0.5, 0.6) is 0 Å². The zero-order valence-electron chi connectivity index (χ0n) is 8.99. The molecule has 0 bridgehead atoms. The van der Waals surface area contributed by atoms with Crippen LogP contribution in [0, 0.1) is 12.8 Å². The van der Waals surface area contributed by atoms with Crippen LogP contribution in [0.25, 0.3) is 0 Å². The summed E-state index contributed by atoms with van der Waals surface area (Å²) in [6, 6.07) is 10.7. The highest BCUT2D eigenvalue weighted by molar-refractivity contribution is 5.52. The van der Waals surface area contributed by atoms with Crippen LogP contribution in [0.2, 0.25) is 0 Å². The van der Waals surface area contributed by atoms with Gasteiger partial charge in [0.25, 0.3) is 0 Å². The number of nitrogens with zero attached hydrogens (tertiary/aromatic N) is 2. The summed E-state index contributed by atoms with van der Waals surface area (Å²) >= 11 is 0. The second kappa shape index (κ2) is 5.36. The van der Waals surface area contributed by atoms with E-state index < -0.39 is 0 Å². The Labute approximate surface area is 85.4 Å². The zero-order valence-corrected chi connectivity index (χ0v) is 8.99. The Hall–Kier alpha value is -1.40. The lowest BCUT2D eigenvalue weighted by Gasteiger charge is -1.93. The second-order valence-electron chi connectivity index (χ2n) is 3.78. The SMILES string of the molecule is Cc1ccc(N=C=NCC(C)C)cc1. The van der Waals surface area contributed by atoms with Gasteiger partial charge in [0, 0.05) is 0 Å². The molecule has 0 saturated heterocycles. The predicted octanol–water partition coefficient (Wildman–Crippen LogP) is 3.46. The van der Waals surface area contributed by atoms with E-state index >= 15 is 0 Å². The molecule has 0 radical (unpaired) electrons. The van der Waals surface area contributed by atoms with E-state index in [1.165, 1.54) is 5.56 Å². The maximum atomic E-state index is 4.10. The number of aryl methyl sites for hydroxylation is 1. The molecule has 2 nitrogen and oxygen atoms in total. The Morgan fingerprint density at radius 1 is 1.21 bits per heavy atom. The van der Waals surface area contributed by atoms with Crippen LogP contribution in [-0.4, -0.2) is 12.6 Å². The predicted molar refractivity (Wildman–Crippen MR) is 60.4 cm³/mol. The molecule has 0 spiro atoms. The first-order valence-electron chi connectivity index (χ1n) is 4.87. The van der Waals surface area contributed by atoms with Gasteiger partial charge in [0.2, 0.25) is 0 Å². The fraction of sp³-hybridized carbons (Fsp3) is 0.417. The van der Waals surface area contributed by atoms with Crippen LogP contribution < -0.4 is 0 Å². The fourth-order valence-electron chi connectivity index (χ4n) is 0.936. The number of rotatable bonds is 3. The Morgan fingerprint density at radius 3 is 2.43 bits per heavy atom. The van der Waals surface area contributed by atoms with Crippen molar-refractivity contribution in [2.75, 3.05) is 6.54 Å². The minimum atomic E-state index is 0.565. The fourth-order valence-corrected chi connectivity index (χ4v) is 0.936. The summed E-state index contributed by atoms with van der Waals surface area (Å²) in [6.45, 7) is 7.09. The minimum Gasteiger partial charge on any atom is -0.225 e. The van der Waals surface area contributed by atoms with Gasteiger partial charge in [-0.3, -0.25) is 0 Å². The summed E-state index contributed by atoms with van der Waals surface area (Å²) in [4.78, 5) is 8.17. The molecule has 74 valence electrons.